The normalized spacial score (nSPS) is 27.1. The SMILES string of the molecule is CC(NCC1CC(O)C1)c1ccccc1. The van der Waals surface area contributed by atoms with E-state index in [1.54, 1.807) is 0 Å². The summed E-state index contributed by atoms with van der Waals surface area (Å²) in [6.07, 6.45) is 1.90. The maximum absolute atomic E-state index is 9.17. The molecule has 0 aliphatic heterocycles. The summed E-state index contributed by atoms with van der Waals surface area (Å²) in [6.45, 7) is 3.21. The highest BCUT2D eigenvalue weighted by molar-refractivity contribution is 5.18. The molecule has 1 saturated carbocycles. The predicted molar refractivity (Wildman–Crippen MR) is 61.6 cm³/mol. The van der Waals surface area contributed by atoms with E-state index in [9.17, 15) is 5.11 Å². The molecule has 15 heavy (non-hydrogen) atoms. The first-order valence-corrected chi connectivity index (χ1v) is 5.72. The van der Waals surface area contributed by atoms with Gasteiger partial charge in [-0.05, 0) is 37.8 Å². The molecule has 2 N–H and O–H groups in total. The van der Waals surface area contributed by atoms with Crippen molar-refractivity contribution in [1.29, 1.82) is 0 Å². The van der Waals surface area contributed by atoms with Gasteiger partial charge < -0.3 is 10.4 Å². The lowest BCUT2D eigenvalue weighted by Crippen LogP contribution is -2.36. The van der Waals surface area contributed by atoms with Crippen LogP contribution in [0.5, 0.6) is 0 Å². The Hall–Kier alpha value is -0.860. The van der Waals surface area contributed by atoms with Crippen molar-refractivity contribution in [2.45, 2.75) is 31.9 Å². The second kappa shape index (κ2) is 4.77. The Balaban J connectivity index is 1.75. The lowest BCUT2D eigenvalue weighted by atomic mass is 9.82. The molecule has 2 rings (SSSR count). The van der Waals surface area contributed by atoms with Gasteiger partial charge in [-0.3, -0.25) is 0 Å². The summed E-state index contributed by atoms with van der Waals surface area (Å²) in [5.74, 6) is 0.672. The van der Waals surface area contributed by atoms with E-state index in [2.05, 4.69) is 36.5 Å². The van der Waals surface area contributed by atoms with Gasteiger partial charge in [-0.15, -0.1) is 0 Å². The largest absolute Gasteiger partial charge is 0.393 e. The lowest BCUT2D eigenvalue weighted by molar-refractivity contribution is 0.0420. The summed E-state index contributed by atoms with van der Waals surface area (Å²) >= 11 is 0. The van der Waals surface area contributed by atoms with Crippen molar-refractivity contribution in [2.24, 2.45) is 5.92 Å². The van der Waals surface area contributed by atoms with E-state index in [0.717, 1.165) is 19.4 Å². The third-order valence-corrected chi connectivity index (χ3v) is 3.22. The minimum absolute atomic E-state index is 0.0381. The van der Waals surface area contributed by atoms with Gasteiger partial charge in [0.05, 0.1) is 6.10 Å². The Morgan fingerprint density at radius 2 is 2.00 bits per heavy atom. The van der Waals surface area contributed by atoms with Crippen LogP contribution in [0.25, 0.3) is 0 Å². The number of benzene rings is 1. The summed E-state index contributed by atoms with van der Waals surface area (Å²) < 4.78 is 0. The van der Waals surface area contributed by atoms with Crippen molar-refractivity contribution in [3.63, 3.8) is 0 Å². The van der Waals surface area contributed by atoms with E-state index in [1.165, 1.54) is 5.56 Å². The molecule has 0 amide bonds. The Bertz CT molecular complexity index is 293. The summed E-state index contributed by atoms with van der Waals surface area (Å²) in [6, 6.07) is 10.9. The van der Waals surface area contributed by atoms with Crippen molar-refractivity contribution in [2.75, 3.05) is 6.54 Å². The van der Waals surface area contributed by atoms with Crippen LogP contribution in [0.2, 0.25) is 0 Å². The highest BCUT2D eigenvalue weighted by atomic mass is 16.3. The fourth-order valence-corrected chi connectivity index (χ4v) is 2.07. The topological polar surface area (TPSA) is 32.3 Å². The molecule has 1 fully saturated rings. The maximum atomic E-state index is 9.17. The van der Waals surface area contributed by atoms with Crippen LogP contribution in [-0.4, -0.2) is 17.8 Å². The quantitative estimate of drug-likeness (QED) is 0.789. The molecule has 1 aromatic rings. The first kappa shape index (κ1) is 10.7. The molecular weight excluding hydrogens is 186 g/mol. The van der Waals surface area contributed by atoms with Crippen molar-refractivity contribution in [3.05, 3.63) is 35.9 Å². The van der Waals surface area contributed by atoms with E-state index >= 15 is 0 Å². The van der Waals surface area contributed by atoms with E-state index < -0.39 is 0 Å². The fraction of sp³-hybridized carbons (Fsp3) is 0.538. The summed E-state index contributed by atoms with van der Waals surface area (Å²) in [4.78, 5) is 0. The van der Waals surface area contributed by atoms with Crippen LogP contribution in [0.15, 0.2) is 30.3 Å². The van der Waals surface area contributed by atoms with E-state index in [-0.39, 0.29) is 6.10 Å². The van der Waals surface area contributed by atoms with Crippen molar-refractivity contribution in [1.82, 2.24) is 5.32 Å². The molecule has 0 radical (unpaired) electrons. The number of nitrogens with one attached hydrogen (secondary N) is 1. The molecule has 0 saturated heterocycles. The summed E-state index contributed by atoms with van der Waals surface area (Å²) in [7, 11) is 0. The molecule has 2 nitrogen and oxygen atoms in total. The molecule has 1 unspecified atom stereocenters. The second-order valence-corrected chi connectivity index (χ2v) is 4.53. The van der Waals surface area contributed by atoms with E-state index in [1.807, 2.05) is 6.07 Å². The number of hydrogen-bond acceptors (Lipinski definition) is 2. The van der Waals surface area contributed by atoms with Gasteiger partial charge in [0.2, 0.25) is 0 Å². The smallest absolute Gasteiger partial charge is 0.0546 e. The molecule has 0 spiro atoms. The maximum Gasteiger partial charge on any atom is 0.0546 e. The molecular formula is C13H19NO. The van der Waals surface area contributed by atoms with Crippen LogP contribution < -0.4 is 5.32 Å². The minimum Gasteiger partial charge on any atom is -0.393 e. The number of hydrogen-bond donors (Lipinski definition) is 2. The first-order chi connectivity index (χ1) is 7.25. The van der Waals surface area contributed by atoms with E-state index in [4.69, 9.17) is 0 Å². The van der Waals surface area contributed by atoms with Gasteiger partial charge in [0, 0.05) is 6.04 Å². The highest BCUT2D eigenvalue weighted by Gasteiger charge is 2.26. The van der Waals surface area contributed by atoms with E-state index in [0.29, 0.717) is 12.0 Å². The average molecular weight is 205 g/mol. The molecule has 1 aliphatic carbocycles. The Morgan fingerprint density at radius 1 is 1.33 bits per heavy atom. The Labute approximate surface area is 91.3 Å². The molecule has 1 aromatic carbocycles. The van der Waals surface area contributed by atoms with Crippen LogP contribution >= 0.6 is 0 Å². The van der Waals surface area contributed by atoms with Gasteiger partial charge in [0.25, 0.3) is 0 Å². The molecule has 0 aromatic heterocycles. The van der Waals surface area contributed by atoms with Gasteiger partial charge in [-0.2, -0.15) is 0 Å². The van der Waals surface area contributed by atoms with Crippen LogP contribution in [0.3, 0.4) is 0 Å². The molecule has 0 heterocycles. The highest BCUT2D eigenvalue weighted by Crippen LogP contribution is 2.26. The lowest BCUT2D eigenvalue weighted by Gasteiger charge is -2.32. The third kappa shape index (κ3) is 2.80. The monoisotopic (exact) mass is 205 g/mol. The number of aliphatic hydroxyl groups excluding tert-OH is 1. The number of aliphatic hydroxyl groups is 1. The molecule has 0 bridgehead atoms. The zero-order valence-corrected chi connectivity index (χ0v) is 9.19. The molecule has 2 heteroatoms. The standard InChI is InChI=1S/C13H19NO/c1-10(12-5-3-2-4-6-12)14-9-11-7-13(15)8-11/h2-6,10-11,13-15H,7-9H2,1H3. The molecule has 1 aliphatic rings. The predicted octanol–water partition coefficient (Wildman–Crippen LogP) is 2.11. The van der Waals surface area contributed by atoms with Gasteiger partial charge in [0.1, 0.15) is 0 Å². The zero-order chi connectivity index (χ0) is 10.7. The Morgan fingerprint density at radius 3 is 2.60 bits per heavy atom. The minimum atomic E-state index is -0.0381. The third-order valence-electron chi connectivity index (χ3n) is 3.22. The average Bonchev–Trinajstić information content (AvgIpc) is 2.23. The molecule has 1 atom stereocenters. The van der Waals surface area contributed by atoms with Crippen LogP contribution in [-0.2, 0) is 0 Å². The van der Waals surface area contributed by atoms with Gasteiger partial charge in [0.15, 0.2) is 0 Å². The summed E-state index contributed by atoms with van der Waals surface area (Å²) in [5.41, 5.74) is 1.33. The van der Waals surface area contributed by atoms with Crippen molar-refractivity contribution >= 4 is 0 Å². The first-order valence-electron chi connectivity index (χ1n) is 5.72. The Kier molecular flexibility index (Phi) is 3.39. The van der Waals surface area contributed by atoms with Gasteiger partial charge in [-0.25, -0.2) is 0 Å². The van der Waals surface area contributed by atoms with Gasteiger partial charge >= 0.3 is 0 Å². The molecule has 82 valence electrons. The van der Waals surface area contributed by atoms with Crippen molar-refractivity contribution < 1.29 is 5.11 Å². The van der Waals surface area contributed by atoms with Crippen LogP contribution in [0.4, 0.5) is 0 Å². The fourth-order valence-electron chi connectivity index (χ4n) is 2.07. The van der Waals surface area contributed by atoms with Crippen molar-refractivity contribution in [3.8, 4) is 0 Å². The van der Waals surface area contributed by atoms with Crippen LogP contribution in [0.1, 0.15) is 31.4 Å². The zero-order valence-electron chi connectivity index (χ0n) is 9.19. The summed E-state index contributed by atoms with van der Waals surface area (Å²) in [5, 5.41) is 12.7. The van der Waals surface area contributed by atoms with Crippen LogP contribution in [0, 0.1) is 5.92 Å². The number of rotatable bonds is 4. The van der Waals surface area contributed by atoms with Gasteiger partial charge in [-0.1, -0.05) is 30.3 Å². The second-order valence-electron chi connectivity index (χ2n) is 4.53.